The first kappa shape index (κ1) is 14.7. The van der Waals surface area contributed by atoms with Crippen LogP contribution in [0.25, 0.3) is 0 Å². The Morgan fingerprint density at radius 1 is 1.19 bits per heavy atom. The van der Waals surface area contributed by atoms with Crippen LogP contribution in [0.1, 0.15) is 18.1 Å². The molecule has 0 spiro atoms. The predicted molar refractivity (Wildman–Crippen MR) is 79.3 cm³/mol. The number of hydrogen-bond acceptors (Lipinski definition) is 2. The van der Waals surface area contributed by atoms with Crippen molar-refractivity contribution in [3.05, 3.63) is 65.5 Å². The van der Waals surface area contributed by atoms with Crippen LogP contribution in [0, 0.1) is 17.1 Å². The molecule has 0 heterocycles. The molecule has 21 heavy (non-hydrogen) atoms. The smallest absolute Gasteiger partial charge is 0.231 e. The van der Waals surface area contributed by atoms with Gasteiger partial charge in [-0.05, 0) is 36.8 Å². The minimum absolute atomic E-state index is 0.174. The van der Waals surface area contributed by atoms with Gasteiger partial charge in [0.2, 0.25) is 5.91 Å². The number of carbonyl (C=O) groups excluding carboxylic acids is 1. The summed E-state index contributed by atoms with van der Waals surface area (Å²) in [7, 11) is 0. The third-order valence-electron chi connectivity index (χ3n) is 3.20. The zero-order valence-electron chi connectivity index (χ0n) is 11.7. The SMILES string of the molecule is CCN(C(=O)Cc1ccc(C#N)cc1)c1ccccc1F. The molecule has 0 aliphatic carbocycles. The van der Waals surface area contributed by atoms with E-state index in [1.54, 1.807) is 42.5 Å². The van der Waals surface area contributed by atoms with E-state index in [9.17, 15) is 9.18 Å². The Morgan fingerprint density at radius 3 is 2.43 bits per heavy atom. The molecule has 0 fully saturated rings. The van der Waals surface area contributed by atoms with E-state index in [4.69, 9.17) is 5.26 Å². The van der Waals surface area contributed by atoms with Crippen molar-refractivity contribution < 1.29 is 9.18 Å². The Bertz CT molecular complexity index is 674. The molecule has 0 aliphatic heterocycles. The Balaban J connectivity index is 2.17. The third kappa shape index (κ3) is 3.46. The summed E-state index contributed by atoms with van der Waals surface area (Å²) < 4.78 is 13.8. The second-order valence-corrected chi connectivity index (χ2v) is 4.57. The summed E-state index contributed by atoms with van der Waals surface area (Å²) in [5.74, 6) is -0.583. The molecular formula is C17H15FN2O. The maximum Gasteiger partial charge on any atom is 0.231 e. The van der Waals surface area contributed by atoms with Crippen LogP contribution < -0.4 is 4.90 Å². The predicted octanol–water partition coefficient (Wildman–Crippen LogP) is 3.29. The van der Waals surface area contributed by atoms with Gasteiger partial charge in [-0.3, -0.25) is 4.79 Å². The Hall–Kier alpha value is -2.67. The molecule has 0 bridgehead atoms. The van der Waals surface area contributed by atoms with E-state index < -0.39 is 5.82 Å². The number of para-hydroxylation sites is 1. The number of hydrogen-bond donors (Lipinski definition) is 0. The monoisotopic (exact) mass is 282 g/mol. The number of rotatable bonds is 4. The third-order valence-corrected chi connectivity index (χ3v) is 3.20. The number of likely N-dealkylation sites (N-methyl/N-ethyl adjacent to an activating group) is 1. The van der Waals surface area contributed by atoms with E-state index in [2.05, 4.69) is 0 Å². The molecule has 0 N–H and O–H groups in total. The van der Waals surface area contributed by atoms with E-state index in [1.165, 1.54) is 11.0 Å². The Kier molecular flexibility index (Phi) is 4.68. The lowest BCUT2D eigenvalue weighted by atomic mass is 10.1. The van der Waals surface area contributed by atoms with Crippen molar-refractivity contribution in [3.8, 4) is 6.07 Å². The van der Waals surface area contributed by atoms with Gasteiger partial charge >= 0.3 is 0 Å². The molecule has 106 valence electrons. The van der Waals surface area contributed by atoms with Crippen molar-refractivity contribution in [3.63, 3.8) is 0 Å². The highest BCUT2D eigenvalue weighted by atomic mass is 19.1. The van der Waals surface area contributed by atoms with Crippen molar-refractivity contribution in [2.45, 2.75) is 13.3 Å². The first-order valence-electron chi connectivity index (χ1n) is 6.69. The fourth-order valence-electron chi connectivity index (χ4n) is 2.12. The van der Waals surface area contributed by atoms with E-state index in [1.807, 2.05) is 13.0 Å². The number of nitrogens with zero attached hydrogens (tertiary/aromatic N) is 2. The highest BCUT2D eigenvalue weighted by molar-refractivity contribution is 5.94. The van der Waals surface area contributed by atoms with Gasteiger partial charge in [0, 0.05) is 6.54 Å². The van der Waals surface area contributed by atoms with Gasteiger partial charge in [0.1, 0.15) is 5.82 Å². The number of carbonyl (C=O) groups is 1. The highest BCUT2D eigenvalue weighted by Crippen LogP contribution is 2.19. The van der Waals surface area contributed by atoms with Gasteiger partial charge in [-0.2, -0.15) is 5.26 Å². The van der Waals surface area contributed by atoms with Gasteiger partial charge in [0.05, 0.1) is 23.7 Å². The van der Waals surface area contributed by atoms with Gasteiger partial charge in [-0.15, -0.1) is 0 Å². The van der Waals surface area contributed by atoms with Crippen LogP contribution in [0.15, 0.2) is 48.5 Å². The molecule has 0 aromatic heterocycles. The van der Waals surface area contributed by atoms with Gasteiger partial charge in [0.15, 0.2) is 0 Å². The second kappa shape index (κ2) is 6.67. The summed E-state index contributed by atoms with van der Waals surface area (Å²) >= 11 is 0. The molecule has 2 rings (SSSR count). The minimum atomic E-state index is -0.410. The average molecular weight is 282 g/mol. The first-order valence-corrected chi connectivity index (χ1v) is 6.69. The minimum Gasteiger partial charge on any atom is -0.310 e. The summed E-state index contributed by atoms with van der Waals surface area (Å²) in [5, 5.41) is 8.75. The lowest BCUT2D eigenvalue weighted by molar-refractivity contribution is -0.118. The maximum atomic E-state index is 13.8. The molecule has 0 radical (unpaired) electrons. The summed E-state index contributed by atoms with van der Waals surface area (Å²) in [5.41, 5.74) is 1.64. The topological polar surface area (TPSA) is 44.1 Å². The molecule has 0 saturated heterocycles. The van der Waals surface area contributed by atoms with Gasteiger partial charge in [-0.25, -0.2) is 4.39 Å². The quantitative estimate of drug-likeness (QED) is 0.863. The molecule has 0 unspecified atom stereocenters. The summed E-state index contributed by atoms with van der Waals surface area (Å²) in [6.45, 7) is 2.21. The molecule has 4 heteroatoms. The lowest BCUT2D eigenvalue weighted by Gasteiger charge is -2.21. The van der Waals surface area contributed by atoms with Crippen LogP contribution in [0.5, 0.6) is 0 Å². The summed E-state index contributed by atoms with van der Waals surface area (Å²) in [4.78, 5) is 13.8. The fraction of sp³-hybridized carbons (Fsp3) is 0.176. The number of nitriles is 1. The first-order chi connectivity index (χ1) is 10.2. The molecule has 0 aliphatic rings. The van der Waals surface area contributed by atoms with Crippen molar-refractivity contribution in [2.75, 3.05) is 11.4 Å². The molecule has 2 aromatic rings. The maximum absolute atomic E-state index is 13.8. The largest absolute Gasteiger partial charge is 0.310 e. The van der Waals surface area contributed by atoms with Gasteiger partial charge in [0.25, 0.3) is 0 Å². The standard InChI is InChI=1S/C17H15FN2O/c1-2-20(16-6-4-3-5-15(16)18)17(21)11-13-7-9-14(12-19)10-8-13/h3-10H,2,11H2,1H3. The van der Waals surface area contributed by atoms with Crippen molar-refractivity contribution in [1.29, 1.82) is 5.26 Å². The molecule has 0 atom stereocenters. The van der Waals surface area contributed by atoms with E-state index in [0.29, 0.717) is 17.8 Å². The molecule has 3 nitrogen and oxygen atoms in total. The van der Waals surface area contributed by atoms with Crippen LogP contribution in [-0.4, -0.2) is 12.5 Å². The Morgan fingerprint density at radius 2 is 1.86 bits per heavy atom. The zero-order valence-corrected chi connectivity index (χ0v) is 11.7. The van der Waals surface area contributed by atoms with Crippen LogP contribution >= 0.6 is 0 Å². The summed E-state index contributed by atoms with van der Waals surface area (Å²) in [6, 6.07) is 15.1. The van der Waals surface area contributed by atoms with Crippen LogP contribution in [0.3, 0.4) is 0 Å². The lowest BCUT2D eigenvalue weighted by Crippen LogP contribution is -2.32. The van der Waals surface area contributed by atoms with Crippen LogP contribution in [0.4, 0.5) is 10.1 Å². The fourth-order valence-corrected chi connectivity index (χ4v) is 2.12. The van der Waals surface area contributed by atoms with Crippen molar-refractivity contribution in [2.24, 2.45) is 0 Å². The molecule has 0 saturated carbocycles. The molecule has 1 amide bonds. The van der Waals surface area contributed by atoms with Gasteiger partial charge < -0.3 is 4.90 Å². The zero-order chi connectivity index (χ0) is 15.2. The van der Waals surface area contributed by atoms with Crippen LogP contribution in [0.2, 0.25) is 0 Å². The number of anilines is 1. The summed E-state index contributed by atoms with van der Waals surface area (Å²) in [6.07, 6.45) is 0.174. The van der Waals surface area contributed by atoms with Gasteiger partial charge in [-0.1, -0.05) is 24.3 Å². The molecular weight excluding hydrogens is 267 g/mol. The number of halogens is 1. The number of benzene rings is 2. The average Bonchev–Trinajstić information content (AvgIpc) is 2.50. The van der Waals surface area contributed by atoms with E-state index in [0.717, 1.165) is 5.56 Å². The normalized spacial score (nSPS) is 9.95. The highest BCUT2D eigenvalue weighted by Gasteiger charge is 2.17. The van der Waals surface area contributed by atoms with Crippen molar-refractivity contribution >= 4 is 11.6 Å². The Labute approximate surface area is 123 Å². The van der Waals surface area contributed by atoms with E-state index >= 15 is 0 Å². The van der Waals surface area contributed by atoms with Crippen molar-refractivity contribution in [1.82, 2.24) is 0 Å². The second-order valence-electron chi connectivity index (χ2n) is 4.57. The number of amides is 1. The van der Waals surface area contributed by atoms with E-state index in [-0.39, 0.29) is 12.3 Å². The molecule has 2 aromatic carbocycles. The van der Waals surface area contributed by atoms with Crippen LogP contribution in [-0.2, 0) is 11.2 Å².